The number of anilines is 1. The van der Waals surface area contributed by atoms with Crippen molar-refractivity contribution in [2.75, 3.05) is 5.32 Å². The van der Waals surface area contributed by atoms with Gasteiger partial charge in [0.1, 0.15) is 17.6 Å². The number of rotatable bonds is 3. The summed E-state index contributed by atoms with van der Waals surface area (Å²) in [7, 11) is 0. The first-order chi connectivity index (χ1) is 9.47. The van der Waals surface area contributed by atoms with Crippen LogP contribution in [0.4, 0.5) is 11.4 Å². The van der Waals surface area contributed by atoms with E-state index in [1.165, 1.54) is 24.3 Å². The molecule has 1 amide bonds. The number of nitro groups is 1. The standard InChI is InChI=1S/C12H8BrN3O4/c13-7-1-4-11(17)10(5-7)15-12(18)9-3-2-8(6-14-9)16(19)20/h1-6,17H,(H,15,18). The second kappa shape index (κ2) is 5.66. The highest BCUT2D eigenvalue weighted by Gasteiger charge is 2.13. The maximum absolute atomic E-state index is 11.9. The first kappa shape index (κ1) is 13.9. The van der Waals surface area contributed by atoms with E-state index in [1.807, 2.05) is 0 Å². The highest BCUT2D eigenvalue weighted by molar-refractivity contribution is 9.10. The summed E-state index contributed by atoms with van der Waals surface area (Å²) in [5.41, 5.74) is 0.0198. The van der Waals surface area contributed by atoms with E-state index < -0.39 is 10.8 Å². The normalized spacial score (nSPS) is 10.1. The van der Waals surface area contributed by atoms with Crippen molar-refractivity contribution < 1.29 is 14.8 Å². The molecule has 2 aromatic rings. The van der Waals surface area contributed by atoms with E-state index in [4.69, 9.17) is 0 Å². The lowest BCUT2D eigenvalue weighted by Gasteiger charge is -2.07. The van der Waals surface area contributed by atoms with Gasteiger partial charge in [-0.3, -0.25) is 14.9 Å². The molecular formula is C12H8BrN3O4. The number of halogens is 1. The van der Waals surface area contributed by atoms with E-state index in [1.54, 1.807) is 6.07 Å². The van der Waals surface area contributed by atoms with Gasteiger partial charge in [0.25, 0.3) is 11.6 Å². The van der Waals surface area contributed by atoms with Crippen LogP contribution in [0.25, 0.3) is 0 Å². The molecule has 0 spiro atoms. The van der Waals surface area contributed by atoms with Crippen LogP contribution in [0.2, 0.25) is 0 Å². The lowest BCUT2D eigenvalue weighted by molar-refractivity contribution is -0.385. The Morgan fingerprint density at radius 2 is 2.10 bits per heavy atom. The third-order valence-electron chi connectivity index (χ3n) is 2.40. The van der Waals surface area contributed by atoms with Gasteiger partial charge in [-0.05, 0) is 24.3 Å². The molecule has 2 N–H and O–H groups in total. The maximum atomic E-state index is 11.9. The predicted octanol–water partition coefficient (Wildman–Crippen LogP) is 2.71. The molecule has 0 aliphatic heterocycles. The van der Waals surface area contributed by atoms with Crippen LogP contribution in [-0.2, 0) is 0 Å². The van der Waals surface area contributed by atoms with Gasteiger partial charge in [0.05, 0.1) is 10.6 Å². The summed E-state index contributed by atoms with van der Waals surface area (Å²) < 4.78 is 0.683. The number of benzene rings is 1. The Morgan fingerprint density at radius 1 is 1.35 bits per heavy atom. The van der Waals surface area contributed by atoms with Crippen LogP contribution in [0.3, 0.4) is 0 Å². The second-order valence-corrected chi connectivity index (χ2v) is 4.69. The van der Waals surface area contributed by atoms with Crippen molar-refractivity contribution in [3.8, 4) is 5.75 Å². The van der Waals surface area contributed by atoms with Crippen LogP contribution in [-0.4, -0.2) is 20.9 Å². The van der Waals surface area contributed by atoms with E-state index in [2.05, 4.69) is 26.2 Å². The smallest absolute Gasteiger partial charge is 0.287 e. The number of hydrogen-bond acceptors (Lipinski definition) is 5. The van der Waals surface area contributed by atoms with Gasteiger partial charge in [0.15, 0.2) is 0 Å². The van der Waals surface area contributed by atoms with Crippen LogP contribution in [0.5, 0.6) is 5.75 Å². The third-order valence-corrected chi connectivity index (χ3v) is 2.89. The highest BCUT2D eigenvalue weighted by atomic mass is 79.9. The molecule has 20 heavy (non-hydrogen) atoms. The summed E-state index contributed by atoms with van der Waals surface area (Å²) in [6.45, 7) is 0. The van der Waals surface area contributed by atoms with Crippen LogP contribution in [0, 0.1) is 10.1 Å². The molecule has 0 unspecified atom stereocenters. The zero-order valence-corrected chi connectivity index (χ0v) is 11.5. The summed E-state index contributed by atoms with van der Waals surface area (Å²) in [5.74, 6) is -0.670. The molecule has 0 aliphatic carbocycles. The number of aromatic nitrogens is 1. The number of hydrogen-bond donors (Lipinski definition) is 2. The molecule has 2 rings (SSSR count). The number of aromatic hydroxyl groups is 1. The number of amides is 1. The van der Waals surface area contributed by atoms with E-state index in [0.717, 1.165) is 6.20 Å². The van der Waals surface area contributed by atoms with Crippen LogP contribution < -0.4 is 5.32 Å². The zero-order chi connectivity index (χ0) is 14.7. The molecule has 0 bridgehead atoms. The average molecular weight is 338 g/mol. The summed E-state index contributed by atoms with van der Waals surface area (Å²) in [6.07, 6.45) is 0.996. The first-order valence-electron chi connectivity index (χ1n) is 5.37. The lowest BCUT2D eigenvalue weighted by atomic mass is 10.2. The van der Waals surface area contributed by atoms with Crippen molar-refractivity contribution in [3.63, 3.8) is 0 Å². The first-order valence-corrected chi connectivity index (χ1v) is 6.17. The number of phenols is 1. The maximum Gasteiger partial charge on any atom is 0.287 e. The Labute approximate surface area is 121 Å². The fourth-order valence-corrected chi connectivity index (χ4v) is 1.78. The second-order valence-electron chi connectivity index (χ2n) is 3.77. The van der Waals surface area contributed by atoms with Crippen LogP contribution in [0.15, 0.2) is 41.0 Å². The molecule has 0 saturated heterocycles. The van der Waals surface area contributed by atoms with Crippen LogP contribution >= 0.6 is 15.9 Å². The topological polar surface area (TPSA) is 105 Å². The molecule has 1 aromatic carbocycles. The number of carbonyl (C=O) groups is 1. The summed E-state index contributed by atoms with van der Waals surface area (Å²) in [4.78, 5) is 25.5. The van der Waals surface area contributed by atoms with Gasteiger partial charge in [0.2, 0.25) is 0 Å². The van der Waals surface area contributed by atoms with Gasteiger partial charge in [-0.15, -0.1) is 0 Å². The largest absolute Gasteiger partial charge is 0.506 e. The minimum atomic E-state index is -0.602. The zero-order valence-electron chi connectivity index (χ0n) is 9.91. The van der Waals surface area contributed by atoms with E-state index >= 15 is 0 Å². The Morgan fingerprint density at radius 3 is 2.70 bits per heavy atom. The van der Waals surface area contributed by atoms with Crippen molar-refractivity contribution in [3.05, 3.63) is 56.8 Å². The molecule has 1 heterocycles. The van der Waals surface area contributed by atoms with Crippen LogP contribution in [0.1, 0.15) is 10.5 Å². The monoisotopic (exact) mass is 337 g/mol. The minimum absolute atomic E-state index is 0.00924. The molecular weight excluding hydrogens is 330 g/mol. The number of pyridine rings is 1. The SMILES string of the molecule is O=C(Nc1cc(Br)ccc1O)c1ccc([N+](=O)[O-])cn1. The minimum Gasteiger partial charge on any atom is -0.506 e. The molecule has 8 heteroatoms. The molecule has 0 aliphatic rings. The van der Waals surface area contributed by atoms with Gasteiger partial charge >= 0.3 is 0 Å². The Balaban J connectivity index is 2.19. The Bertz CT molecular complexity index is 673. The highest BCUT2D eigenvalue weighted by Crippen LogP contribution is 2.27. The molecule has 7 nitrogen and oxygen atoms in total. The third kappa shape index (κ3) is 3.09. The van der Waals surface area contributed by atoms with Crippen molar-refractivity contribution in [1.29, 1.82) is 0 Å². The Hall–Kier alpha value is -2.48. The summed E-state index contributed by atoms with van der Waals surface area (Å²) in [5, 5.41) is 22.5. The molecule has 1 aromatic heterocycles. The molecule has 0 radical (unpaired) electrons. The predicted molar refractivity (Wildman–Crippen MR) is 74.7 cm³/mol. The Kier molecular flexibility index (Phi) is 3.94. The number of nitrogens with zero attached hydrogens (tertiary/aromatic N) is 2. The number of nitrogens with one attached hydrogen (secondary N) is 1. The molecule has 0 atom stereocenters. The van der Waals surface area contributed by atoms with Gasteiger partial charge in [-0.25, -0.2) is 4.98 Å². The van der Waals surface area contributed by atoms with Crippen molar-refractivity contribution in [2.24, 2.45) is 0 Å². The average Bonchev–Trinajstić information content (AvgIpc) is 2.43. The quantitative estimate of drug-likeness (QED) is 0.508. The van der Waals surface area contributed by atoms with E-state index in [-0.39, 0.29) is 22.8 Å². The molecule has 0 saturated carbocycles. The van der Waals surface area contributed by atoms with Gasteiger partial charge in [-0.2, -0.15) is 0 Å². The van der Waals surface area contributed by atoms with Crippen molar-refractivity contribution in [2.45, 2.75) is 0 Å². The van der Waals surface area contributed by atoms with E-state index in [9.17, 15) is 20.0 Å². The molecule has 0 fully saturated rings. The fraction of sp³-hybridized carbons (Fsp3) is 0. The van der Waals surface area contributed by atoms with Crippen molar-refractivity contribution >= 4 is 33.2 Å². The molecule has 102 valence electrons. The van der Waals surface area contributed by atoms with E-state index in [0.29, 0.717) is 4.47 Å². The lowest BCUT2D eigenvalue weighted by Crippen LogP contribution is -2.13. The summed E-state index contributed by atoms with van der Waals surface area (Å²) in [6, 6.07) is 6.99. The summed E-state index contributed by atoms with van der Waals surface area (Å²) >= 11 is 3.21. The van der Waals surface area contributed by atoms with Gasteiger partial charge in [-0.1, -0.05) is 15.9 Å². The van der Waals surface area contributed by atoms with Gasteiger partial charge < -0.3 is 10.4 Å². The number of phenolic OH excluding ortho intramolecular Hbond substituents is 1. The van der Waals surface area contributed by atoms with Crippen molar-refractivity contribution in [1.82, 2.24) is 4.98 Å². The fourth-order valence-electron chi connectivity index (χ4n) is 1.42. The van der Waals surface area contributed by atoms with Gasteiger partial charge in [0, 0.05) is 10.5 Å². The number of carbonyl (C=O) groups excluding carboxylic acids is 1.